The van der Waals surface area contributed by atoms with Gasteiger partial charge in [0.15, 0.2) is 0 Å². The van der Waals surface area contributed by atoms with Gasteiger partial charge in [0.25, 0.3) is 5.69 Å². The van der Waals surface area contributed by atoms with Crippen molar-refractivity contribution >= 4 is 17.7 Å². The summed E-state index contributed by atoms with van der Waals surface area (Å²) < 4.78 is 0. The Labute approximate surface area is 180 Å². The summed E-state index contributed by atoms with van der Waals surface area (Å²) in [4.78, 5) is 22.1. The van der Waals surface area contributed by atoms with E-state index in [1.54, 1.807) is 24.3 Å². The fourth-order valence-electron chi connectivity index (χ4n) is 6.78. The molecule has 0 heterocycles. The van der Waals surface area contributed by atoms with Crippen LogP contribution in [-0.4, -0.2) is 21.1 Å². The van der Waals surface area contributed by atoms with Crippen LogP contribution in [0.5, 0.6) is 5.75 Å². The average Bonchev–Trinajstić information content (AvgIpc) is 2.71. The Morgan fingerprint density at radius 1 is 1.03 bits per heavy atom. The van der Waals surface area contributed by atoms with Crippen LogP contribution < -0.4 is 0 Å². The van der Waals surface area contributed by atoms with Gasteiger partial charge in [-0.05, 0) is 97.1 Å². The molecule has 6 heteroatoms. The van der Waals surface area contributed by atoms with Crippen LogP contribution in [0.1, 0.15) is 49.7 Å². The lowest BCUT2D eigenvalue weighted by atomic mass is 9.48. The van der Waals surface area contributed by atoms with Gasteiger partial charge in [-0.1, -0.05) is 12.1 Å². The third kappa shape index (κ3) is 3.50. The molecule has 2 N–H and O–H groups in total. The summed E-state index contributed by atoms with van der Waals surface area (Å²) >= 11 is 0. The predicted octanol–water partition coefficient (Wildman–Crippen LogP) is 5.53. The summed E-state index contributed by atoms with van der Waals surface area (Å²) in [5, 5.41) is 31.4. The molecule has 0 amide bonds. The van der Waals surface area contributed by atoms with Crippen LogP contribution >= 0.6 is 0 Å². The van der Waals surface area contributed by atoms with Crippen LogP contribution in [0.2, 0.25) is 0 Å². The first-order valence-electron chi connectivity index (χ1n) is 10.9. The van der Waals surface area contributed by atoms with Gasteiger partial charge >= 0.3 is 5.97 Å². The van der Waals surface area contributed by atoms with Gasteiger partial charge in [-0.25, -0.2) is 4.79 Å². The second-order valence-electron chi connectivity index (χ2n) is 9.64. The molecule has 6 nitrogen and oxygen atoms in total. The molecule has 4 aliphatic rings. The molecule has 6 rings (SSSR count). The van der Waals surface area contributed by atoms with E-state index in [1.165, 1.54) is 31.4 Å². The molecule has 0 atom stereocenters. The van der Waals surface area contributed by atoms with E-state index in [1.807, 2.05) is 6.07 Å². The normalized spacial score (nSPS) is 28.8. The number of hydrogen-bond acceptors (Lipinski definition) is 4. The van der Waals surface area contributed by atoms with Crippen molar-refractivity contribution in [2.24, 2.45) is 17.8 Å². The highest BCUT2D eigenvalue weighted by Gasteiger charge is 2.52. The number of carboxylic acids is 1. The number of nitro groups is 1. The Morgan fingerprint density at radius 2 is 1.68 bits per heavy atom. The lowest BCUT2D eigenvalue weighted by Gasteiger charge is -2.57. The monoisotopic (exact) mass is 419 g/mol. The largest absolute Gasteiger partial charge is 0.508 e. The maximum Gasteiger partial charge on any atom is 0.328 e. The number of carboxylic acid groups (broad SMARTS) is 1. The number of carbonyl (C=O) groups is 1. The van der Waals surface area contributed by atoms with Crippen molar-refractivity contribution in [2.45, 2.75) is 43.9 Å². The third-order valence-corrected chi connectivity index (χ3v) is 7.55. The van der Waals surface area contributed by atoms with Crippen molar-refractivity contribution in [1.82, 2.24) is 0 Å². The van der Waals surface area contributed by atoms with Gasteiger partial charge in [-0.15, -0.1) is 0 Å². The Balaban J connectivity index is 1.57. The minimum Gasteiger partial charge on any atom is -0.508 e. The first kappa shape index (κ1) is 19.8. The zero-order valence-corrected chi connectivity index (χ0v) is 17.2. The fraction of sp³-hybridized carbons (Fsp3) is 0.400. The molecule has 0 spiro atoms. The molecule has 4 fully saturated rings. The molecule has 4 aliphatic carbocycles. The van der Waals surface area contributed by atoms with Crippen LogP contribution in [0, 0.1) is 27.9 Å². The number of nitrogens with zero attached hydrogens (tertiary/aromatic N) is 1. The second-order valence-corrected chi connectivity index (χ2v) is 9.64. The maximum absolute atomic E-state index is 11.8. The van der Waals surface area contributed by atoms with Gasteiger partial charge in [-0.3, -0.25) is 10.1 Å². The summed E-state index contributed by atoms with van der Waals surface area (Å²) in [6, 6.07) is 10.1. The van der Waals surface area contributed by atoms with Crippen LogP contribution in [0.4, 0.5) is 5.69 Å². The molecule has 31 heavy (non-hydrogen) atoms. The van der Waals surface area contributed by atoms with Gasteiger partial charge in [0.2, 0.25) is 0 Å². The maximum atomic E-state index is 11.8. The Bertz CT molecular complexity index is 1070. The molecule has 4 bridgehead atoms. The van der Waals surface area contributed by atoms with E-state index in [9.17, 15) is 20.0 Å². The van der Waals surface area contributed by atoms with Crippen LogP contribution in [0.15, 0.2) is 42.5 Å². The first-order valence-corrected chi connectivity index (χ1v) is 10.9. The van der Waals surface area contributed by atoms with E-state index in [0.717, 1.165) is 48.7 Å². The Morgan fingerprint density at radius 3 is 2.26 bits per heavy atom. The van der Waals surface area contributed by atoms with Crippen molar-refractivity contribution < 1.29 is 19.9 Å². The molecule has 2 aromatic rings. The molecule has 4 saturated carbocycles. The average molecular weight is 419 g/mol. The van der Waals surface area contributed by atoms with Crippen molar-refractivity contribution in [1.29, 1.82) is 0 Å². The Kier molecular flexibility index (Phi) is 4.61. The van der Waals surface area contributed by atoms with E-state index in [4.69, 9.17) is 5.11 Å². The van der Waals surface area contributed by atoms with Gasteiger partial charge in [0.1, 0.15) is 5.75 Å². The van der Waals surface area contributed by atoms with Crippen LogP contribution in [-0.2, 0) is 10.2 Å². The summed E-state index contributed by atoms with van der Waals surface area (Å²) in [5.41, 5.74) is 2.49. The minimum absolute atomic E-state index is 0.0201. The SMILES string of the molecule is O=C(O)/C=C/c1ccc(-c2ccc(O)c(C34CC5CC(CC(C5)C3)C4)c2)c([N+](=O)[O-])c1. The van der Waals surface area contributed by atoms with Crippen molar-refractivity contribution in [2.75, 3.05) is 0 Å². The molecule has 0 saturated heterocycles. The number of rotatable bonds is 5. The standard InChI is InChI=1S/C25H25NO5/c27-23-5-3-19(20-4-1-15(2-6-24(28)29)10-22(20)26(30)31)11-21(23)25-12-16-7-17(13-25)9-18(8-16)14-25/h1-6,10-11,16-18,27H,7-9,12-14H2,(H,28,29)/b6-2+. The molecule has 2 aromatic carbocycles. The number of aliphatic carboxylic acids is 1. The highest BCUT2D eigenvalue weighted by molar-refractivity contribution is 5.86. The van der Waals surface area contributed by atoms with Crippen LogP contribution in [0.25, 0.3) is 17.2 Å². The van der Waals surface area contributed by atoms with Gasteiger partial charge in [0.05, 0.1) is 10.5 Å². The topological polar surface area (TPSA) is 101 Å². The van der Waals surface area contributed by atoms with Crippen molar-refractivity contribution in [3.8, 4) is 16.9 Å². The van der Waals surface area contributed by atoms with Gasteiger partial charge in [0, 0.05) is 17.7 Å². The van der Waals surface area contributed by atoms with E-state index >= 15 is 0 Å². The Hall–Kier alpha value is -3.15. The summed E-state index contributed by atoms with van der Waals surface area (Å²) in [7, 11) is 0. The highest BCUT2D eigenvalue weighted by Crippen LogP contribution is 2.62. The van der Waals surface area contributed by atoms with Gasteiger partial charge < -0.3 is 10.2 Å². The third-order valence-electron chi connectivity index (χ3n) is 7.55. The number of nitro benzene ring substituents is 1. The fourth-order valence-corrected chi connectivity index (χ4v) is 6.78. The van der Waals surface area contributed by atoms with E-state index in [-0.39, 0.29) is 16.9 Å². The van der Waals surface area contributed by atoms with E-state index < -0.39 is 10.9 Å². The molecular weight excluding hydrogens is 394 g/mol. The molecule has 0 radical (unpaired) electrons. The first-order chi connectivity index (χ1) is 14.8. The van der Waals surface area contributed by atoms with Crippen molar-refractivity contribution in [3.05, 3.63) is 63.7 Å². The predicted molar refractivity (Wildman–Crippen MR) is 117 cm³/mol. The number of aromatic hydroxyl groups is 1. The lowest BCUT2D eigenvalue weighted by molar-refractivity contribution is -0.384. The highest BCUT2D eigenvalue weighted by atomic mass is 16.6. The molecule has 0 unspecified atom stereocenters. The van der Waals surface area contributed by atoms with E-state index in [0.29, 0.717) is 16.7 Å². The minimum atomic E-state index is -1.11. The molecule has 0 aromatic heterocycles. The smallest absolute Gasteiger partial charge is 0.328 e. The summed E-state index contributed by atoms with van der Waals surface area (Å²) in [5.74, 6) is 1.36. The zero-order chi connectivity index (χ0) is 21.8. The molecule has 160 valence electrons. The second kappa shape index (κ2) is 7.22. The number of phenols is 1. The van der Waals surface area contributed by atoms with E-state index in [2.05, 4.69) is 0 Å². The number of hydrogen-bond donors (Lipinski definition) is 2. The van der Waals surface area contributed by atoms with Crippen LogP contribution in [0.3, 0.4) is 0 Å². The molecular formula is C25H25NO5. The van der Waals surface area contributed by atoms with Crippen molar-refractivity contribution in [3.63, 3.8) is 0 Å². The molecule has 0 aliphatic heterocycles. The summed E-state index contributed by atoms with van der Waals surface area (Å²) in [6.07, 6.45) is 9.50. The number of benzene rings is 2. The quantitative estimate of drug-likeness (QED) is 0.377. The lowest BCUT2D eigenvalue weighted by Crippen LogP contribution is -2.48. The zero-order valence-electron chi connectivity index (χ0n) is 17.2. The number of phenolic OH excluding ortho intramolecular Hbond substituents is 1. The summed E-state index contributed by atoms with van der Waals surface area (Å²) in [6.45, 7) is 0. The van der Waals surface area contributed by atoms with Gasteiger partial charge in [-0.2, -0.15) is 0 Å².